The largest absolute Gasteiger partial charge is 0.338 e. The molecule has 0 aliphatic carbocycles. The van der Waals surface area contributed by atoms with Gasteiger partial charge in [-0.1, -0.05) is 44.4 Å². The molecule has 0 fully saturated rings. The van der Waals surface area contributed by atoms with Gasteiger partial charge in [-0.05, 0) is 31.9 Å². The summed E-state index contributed by atoms with van der Waals surface area (Å²) < 4.78 is 0. The zero-order valence-electron chi connectivity index (χ0n) is 12.4. The van der Waals surface area contributed by atoms with Crippen LogP contribution in [0.15, 0.2) is 24.3 Å². The number of aryl methyl sites for hydroxylation is 1. The summed E-state index contributed by atoms with van der Waals surface area (Å²) in [5.74, 6) is 0. The molecule has 3 heteroatoms. The zero-order valence-corrected chi connectivity index (χ0v) is 12.4. The molecule has 0 saturated heterocycles. The van der Waals surface area contributed by atoms with E-state index in [1.807, 2.05) is 43.0 Å². The maximum absolute atomic E-state index is 12.2. The third kappa shape index (κ3) is 4.93. The van der Waals surface area contributed by atoms with Crippen LogP contribution >= 0.6 is 0 Å². The van der Waals surface area contributed by atoms with E-state index in [9.17, 15) is 4.79 Å². The van der Waals surface area contributed by atoms with Crippen molar-refractivity contribution < 1.29 is 4.79 Å². The molecule has 1 aromatic carbocycles. The van der Waals surface area contributed by atoms with Gasteiger partial charge in [0.05, 0.1) is 0 Å². The maximum Gasteiger partial charge on any atom is 0.321 e. The summed E-state index contributed by atoms with van der Waals surface area (Å²) in [6.07, 6.45) is 4.68. The second-order valence-corrected chi connectivity index (χ2v) is 4.83. The van der Waals surface area contributed by atoms with E-state index in [1.54, 1.807) is 0 Å². The van der Waals surface area contributed by atoms with Crippen LogP contribution < -0.4 is 10.2 Å². The molecule has 0 aromatic heterocycles. The predicted molar refractivity (Wildman–Crippen MR) is 81.7 cm³/mol. The molecule has 0 unspecified atom stereocenters. The van der Waals surface area contributed by atoms with Gasteiger partial charge in [0.25, 0.3) is 0 Å². The number of carbonyl (C=O) groups excluding carboxylic acids is 1. The molecular formula is C16H26N2O. The van der Waals surface area contributed by atoms with Crippen molar-refractivity contribution in [1.82, 2.24) is 5.32 Å². The van der Waals surface area contributed by atoms with E-state index >= 15 is 0 Å². The SMILES string of the molecule is CCCCCCN(C(=O)NCC)c1ccccc1C. The minimum absolute atomic E-state index is 0.00768. The Bertz CT molecular complexity index is 390. The Labute approximate surface area is 117 Å². The third-order valence-electron chi connectivity index (χ3n) is 3.21. The Morgan fingerprint density at radius 2 is 1.89 bits per heavy atom. The minimum Gasteiger partial charge on any atom is -0.338 e. The highest BCUT2D eigenvalue weighted by Gasteiger charge is 2.15. The summed E-state index contributed by atoms with van der Waals surface area (Å²) in [5, 5.41) is 2.90. The smallest absolute Gasteiger partial charge is 0.321 e. The van der Waals surface area contributed by atoms with Gasteiger partial charge in [-0.3, -0.25) is 4.90 Å². The first-order chi connectivity index (χ1) is 9.20. The summed E-state index contributed by atoms with van der Waals surface area (Å²) in [6, 6.07) is 8.07. The van der Waals surface area contributed by atoms with E-state index in [-0.39, 0.29) is 6.03 Å². The predicted octanol–water partition coefficient (Wildman–Crippen LogP) is 4.11. The molecule has 0 atom stereocenters. The lowest BCUT2D eigenvalue weighted by Crippen LogP contribution is -2.41. The lowest BCUT2D eigenvalue weighted by Gasteiger charge is -2.24. The summed E-state index contributed by atoms with van der Waals surface area (Å²) in [5.41, 5.74) is 2.16. The highest BCUT2D eigenvalue weighted by atomic mass is 16.2. The van der Waals surface area contributed by atoms with Crippen molar-refractivity contribution in [2.24, 2.45) is 0 Å². The van der Waals surface area contributed by atoms with Crippen molar-refractivity contribution in [3.8, 4) is 0 Å². The van der Waals surface area contributed by atoms with Gasteiger partial charge in [-0.15, -0.1) is 0 Å². The number of hydrogen-bond donors (Lipinski definition) is 1. The van der Waals surface area contributed by atoms with Gasteiger partial charge in [0.15, 0.2) is 0 Å². The molecular weight excluding hydrogens is 236 g/mol. The van der Waals surface area contributed by atoms with Gasteiger partial charge in [-0.2, -0.15) is 0 Å². The van der Waals surface area contributed by atoms with Crippen molar-refractivity contribution in [3.05, 3.63) is 29.8 Å². The fraction of sp³-hybridized carbons (Fsp3) is 0.562. The minimum atomic E-state index is 0.00768. The molecule has 1 aromatic rings. The van der Waals surface area contributed by atoms with Crippen LogP contribution in [0.3, 0.4) is 0 Å². The van der Waals surface area contributed by atoms with Crippen molar-refractivity contribution in [1.29, 1.82) is 0 Å². The molecule has 1 N–H and O–H groups in total. The molecule has 0 radical (unpaired) electrons. The monoisotopic (exact) mass is 262 g/mol. The van der Waals surface area contributed by atoms with Crippen LogP contribution in [0.25, 0.3) is 0 Å². The first-order valence-electron chi connectivity index (χ1n) is 7.31. The molecule has 106 valence electrons. The number of carbonyl (C=O) groups is 1. The van der Waals surface area contributed by atoms with E-state index in [2.05, 4.69) is 12.2 Å². The molecule has 0 aliphatic heterocycles. The highest BCUT2D eigenvalue weighted by Crippen LogP contribution is 2.20. The lowest BCUT2D eigenvalue weighted by molar-refractivity contribution is 0.246. The number of nitrogens with one attached hydrogen (secondary N) is 1. The van der Waals surface area contributed by atoms with Crippen LogP contribution in [0.1, 0.15) is 45.1 Å². The summed E-state index contributed by atoms with van der Waals surface area (Å²) in [6.45, 7) is 7.65. The Hall–Kier alpha value is -1.51. The van der Waals surface area contributed by atoms with E-state index in [0.717, 1.165) is 24.2 Å². The Morgan fingerprint density at radius 3 is 2.53 bits per heavy atom. The summed E-state index contributed by atoms with van der Waals surface area (Å²) in [4.78, 5) is 14.0. The number of nitrogens with zero attached hydrogens (tertiary/aromatic N) is 1. The van der Waals surface area contributed by atoms with Gasteiger partial charge in [0.2, 0.25) is 0 Å². The quantitative estimate of drug-likeness (QED) is 0.737. The van der Waals surface area contributed by atoms with Crippen LogP contribution in [0, 0.1) is 6.92 Å². The molecule has 0 aliphatic rings. The Kier molecular flexibility index (Phi) is 7.01. The van der Waals surface area contributed by atoms with Crippen LogP contribution in [0.5, 0.6) is 0 Å². The number of hydrogen-bond acceptors (Lipinski definition) is 1. The number of rotatable bonds is 7. The van der Waals surface area contributed by atoms with Crippen molar-refractivity contribution in [3.63, 3.8) is 0 Å². The first kappa shape index (κ1) is 15.5. The Balaban J connectivity index is 2.74. The van der Waals surface area contributed by atoms with Gasteiger partial charge in [-0.25, -0.2) is 4.79 Å². The number of urea groups is 1. The Morgan fingerprint density at radius 1 is 1.16 bits per heavy atom. The van der Waals surface area contributed by atoms with Gasteiger partial charge in [0.1, 0.15) is 0 Å². The average molecular weight is 262 g/mol. The molecule has 19 heavy (non-hydrogen) atoms. The number of benzene rings is 1. The van der Waals surface area contributed by atoms with Gasteiger partial charge in [0, 0.05) is 18.8 Å². The van der Waals surface area contributed by atoms with Gasteiger partial charge >= 0.3 is 6.03 Å². The number of unbranched alkanes of at least 4 members (excludes halogenated alkanes) is 3. The lowest BCUT2D eigenvalue weighted by atomic mass is 10.1. The van der Waals surface area contributed by atoms with Crippen molar-refractivity contribution in [2.75, 3.05) is 18.0 Å². The van der Waals surface area contributed by atoms with Crippen LogP contribution in [-0.2, 0) is 0 Å². The molecule has 1 rings (SSSR count). The van der Waals surface area contributed by atoms with Crippen molar-refractivity contribution >= 4 is 11.7 Å². The molecule has 0 bridgehead atoms. The average Bonchev–Trinajstić information content (AvgIpc) is 2.40. The first-order valence-corrected chi connectivity index (χ1v) is 7.31. The van der Waals surface area contributed by atoms with Crippen molar-refractivity contribution in [2.45, 2.75) is 46.5 Å². The van der Waals surface area contributed by atoms with E-state index in [1.165, 1.54) is 19.3 Å². The summed E-state index contributed by atoms with van der Waals surface area (Å²) >= 11 is 0. The third-order valence-corrected chi connectivity index (χ3v) is 3.21. The molecule has 0 heterocycles. The normalized spacial score (nSPS) is 10.3. The van der Waals surface area contributed by atoms with E-state index < -0.39 is 0 Å². The second kappa shape index (κ2) is 8.57. The number of anilines is 1. The van der Waals surface area contributed by atoms with Gasteiger partial charge < -0.3 is 5.32 Å². The van der Waals surface area contributed by atoms with E-state index in [4.69, 9.17) is 0 Å². The second-order valence-electron chi connectivity index (χ2n) is 4.83. The molecule has 0 spiro atoms. The van der Waals surface area contributed by atoms with Crippen LogP contribution in [-0.4, -0.2) is 19.1 Å². The fourth-order valence-electron chi connectivity index (χ4n) is 2.14. The summed E-state index contributed by atoms with van der Waals surface area (Å²) in [7, 11) is 0. The zero-order chi connectivity index (χ0) is 14.1. The number of para-hydroxylation sites is 1. The highest BCUT2D eigenvalue weighted by molar-refractivity contribution is 5.92. The standard InChI is InChI=1S/C16H26N2O/c1-4-6-7-10-13-18(16(19)17-5-2)15-12-9-8-11-14(15)3/h8-9,11-12H,4-7,10,13H2,1-3H3,(H,17,19). The maximum atomic E-state index is 12.2. The van der Waals surface area contributed by atoms with Crippen LogP contribution in [0.2, 0.25) is 0 Å². The van der Waals surface area contributed by atoms with Crippen LogP contribution in [0.4, 0.5) is 10.5 Å². The fourth-order valence-corrected chi connectivity index (χ4v) is 2.14. The van der Waals surface area contributed by atoms with E-state index in [0.29, 0.717) is 6.54 Å². The molecule has 2 amide bonds. The topological polar surface area (TPSA) is 32.3 Å². The molecule has 3 nitrogen and oxygen atoms in total. The number of amides is 2. The molecule has 0 saturated carbocycles.